The molecule has 1 heterocycles. The van der Waals surface area contributed by atoms with Gasteiger partial charge in [0.1, 0.15) is 0 Å². The summed E-state index contributed by atoms with van der Waals surface area (Å²) in [4.78, 5) is 48.3. The van der Waals surface area contributed by atoms with E-state index < -0.39 is 24.4 Å². The van der Waals surface area contributed by atoms with E-state index in [4.69, 9.17) is 0 Å². The second-order valence-electron chi connectivity index (χ2n) is 5.39. The lowest BCUT2D eigenvalue weighted by molar-refractivity contribution is -0.142. The minimum atomic E-state index is -0.961. The average molecular weight is 302 g/mol. The van der Waals surface area contributed by atoms with Crippen molar-refractivity contribution in [2.45, 2.75) is 26.2 Å². The number of ketones is 1. The number of hydrogen-bond donors (Lipinski definition) is 0. The van der Waals surface area contributed by atoms with Crippen molar-refractivity contribution in [1.29, 1.82) is 0 Å². The molecule has 1 fully saturated rings. The van der Waals surface area contributed by atoms with Crippen molar-refractivity contribution in [2.75, 3.05) is 13.6 Å². The number of urea groups is 1. The molecule has 0 radical (unpaired) electrons. The van der Waals surface area contributed by atoms with E-state index in [1.165, 1.54) is 7.05 Å². The van der Waals surface area contributed by atoms with Gasteiger partial charge in [-0.25, -0.2) is 9.69 Å². The predicted molar refractivity (Wildman–Crippen MR) is 79.4 cm³/mol. The summed E-state index contributed by atoms with van der Waals surface area (Å²) >= 11 is 0. The number of imide groups is 2. The molecule has 0 aromatic heterocycles. The fraction of sp³-hybridized carbons (Fsp3) is 0.375. The van der Waals surface area contributed by atoms with Gasteiger partial charge in [-0.3, -0.25) is 19.3 Å². The van der Waals surface area contributed by atoms with Gasteiger partial charge in [-0.05, 0) is 17.9 Å². The van der Waals surface area contributed by atoms with Crippen LogP contribution in [0.5, 0.6) is 0 Å². The second-order valence-corrected chi connectivity index (χ2v) is 5.39. The van der Waals surface area contributed by atoms with E-state index in [2.05, 4.69) is 13.8 Å². The predicted octanol–water partition coefficient (Wildman–Crippen LogP) is 1.80. The van der Waals surface area contributed by atoms with Gasteiger partial charge in [0.05, 0.1) is 6.54 Å². The number of amides is 4. The summed E-state index contributed by atoms with van der Waals surface area (Å²) in [5.41, 5.74) is 1.54. The van der Waals surface area contributed by atoms with E-state index in [0.717, 1.165) is 12.0 Å². The van der Waals surface area contributed by atoms with Crippen LogP contribution in [0.2, 0.25) is 0 Å². The molecule has 1 aromatic rings. The molecule has 0 saturated carbocycles. The number of nitrogens with zero attached hydrogens (tertiary/aromatic N) is 2. The summed E-state index contributed by atoms with van der Waals surface area (Å²) in [5.74, 6) is -1.85. The minimum absolute atomic E-state index is 0.375. The van der Waals surface area contributed by atoms with E-state index in [0.29, 0.717) is 21.3 Å². The number of Topliss-reactive ketones (excluding diaryl/α,β-unsaturated/α-hetero) is 1. The molecular weight excluding hydrogens is 284 g/mol. The molecule has 1 saturated heterocycles. The van der Waals surface area contributed by atoms with Crippen molar-refractivity contribution in [3.05, 3.63) is 35.4 Å². The van der Waals surface area contributed by atoms with Crippen molar-refractivity contribution in [1.82, 2.24) is 9.80 Å². The van der Waals surface area contributed by atoms with E-state index in [9.17, 15) is 19.2 Å². The van der Waals surface area contributed by atoms with Gasteiger partial charge in [0.25, 0.3) is 0 Å². The Morgan fingerprint density at radius 1 is 1.09 bits per heavy atom. The first-order valence-corrected chi connectivity index (χ1v) is 7.13. The van der Waals surface area contributed by atoms with Crippen molar-refractivity contribution in [2.24, 2.45) is 0 Å². The van der Waals surface area contributed by atoms with Crippen molar-refractivity contribution >= 4 is 23.6 Å². The first-order chi connectivity index (χ1) is 10.4. The maximum absolute atomic E-state index is 12.2. The lowest BCUT2D eigenvalue weighted by atomic mass is 9.97. The molecule has 4 amide bonds. The van der Waals surface area contributed by atoms with Gasteiger partial charge in [-0.1, -0.05) is 38.1 Å². The molecule has 6 nitrogen and oxygen atoms in total. The van der Waals surface area contributed by atoms with Gasteiger partial charge < -0.3 is 0 Å². The zero-order chi connectivity index (χ0) is 16.4. The molecule has 1 atom stereocenters. The lowest BCUT2D eigenvalue weighted by Gasteiger charge is -2.13. The van der Waals surface area contributed by atoms with Crippen LogP contribution in [0.3, 0.4) is 0 Å². The van der Waals surface area contributed by atoms with E-state index in [1.54, 1.807) is 12.1 Å². The highest BCUT2D eigenvalue weighted by Crippen LogP contribution is 2.19. The summed E-state index contributed by atoms with van der Waals surface area (Å²) in [6.07, 6.45) is 0.999. The van der Waals surface area contributed by atoms with Crippen molar-refractivity contribution in [3.8, 4) is 0 Å². The smallest absolute Gasteiger partial charge is 0.292 e. The van der Waals surface area contributed by atoms with Gasteiger partial charge in [0, 0.05) is 12.6 Å². The van der Waals surface area contributed by atoms with E-state index in [1.807, 2.05) is 12.1 Å². The molecular formula is C16H18N2O4. The third kappa shape index (κ3) is 2.77. The number of likely N-dealkylation sites (N-methyl/N-ethyl adjacent to an activating group) is 1. The molecule has 1 aliphatic rings. The van der Waals surface area contributed by atoms with Crippen molar-refractivity contribution < 1.29 is 19.2 Å². The number of carbonyl (C=O) groups is 4. The van der Waals surface area contributed by atoms with Crippen LogP contribution in [0.4, 0.5) is 4.79 Å². The van der Waals surface area contributed by atoms with E-state index >= 15 is 0 Å². The molecule has 0 unspecified atom stereocenters. The van der Waals surface area contributed by atoms with Crippen LogP contribution in [0.1, 0.15) is 42.1 Å². The molecule has 1 aromatic carbocycles. The Hall–Kier alpha value is -2.50. The second kappa shape index (κ2) is 6.09. The van der Waals surface area contributed by atoms with Crippen LogP contribution in [0.25, 0.3) is 0 Å². The summed E-state index contributed by atoms with van der Waals surface area (Å²) in [7, 11) is 1.22. The summed E-state index contributed by atoms with van der Waals surface area (Å²) in [6, 6.07) is 6.33. The van der Waals surface area contributed by atoms with Gasteiger partial charge in [0.2, 0.25) is 0 Å². The third-order valence-electron chi connectivity index (χ3n) is 3.97. The SMILES string of the molecule is CC[C@H](C)c1ccc(C(=O)CN2C(=O)C(=O)N(C)C2=O)cc1. The Morgan fingerprint density at radius 3 is 2.14 bits per heavy atom. The molecule has 0 bridgehead atoms. The first-order valence-electron chi connectivity index (χ1n) is 7.13. The highest BCUT2D eigenvalue weighted by Gasteiger charge is 2.42. The Morgan fingerprint density at radius 2 is 1.68 bits per heavy atom. The summed E-state index contributed by atoms with van der Waals surface area (Å²) in [6.45, 7) is 3.76. The largest absolute Gasteiger partial charge is 0.334 e. The fourth-order valence-corrected chi connectivity index (χ4v) is 2.22. The Balaban J connectivity index is 2.11. The number of benzene rings is 1. The summed E-state index contributed by atoms with van der Waals surface area (Å²) in [5, 5.41) is 0. The highest BCUT2D eigenvalue weighted by atomic mass is 16.2. The molecule has 0 aliphatic carbocycles. The standard InChI is InChI=1S/C16H18N2O4/c1-4-10(2)11-5-7-12(8-6-11)13(19)9-18-15(21)14(20)17(3)16(18)22/h5-8,10H,4,9H2,1-3H3/t10-/m0/s1. The van der Waals surface area contributed by atoms with Gasteiger partial charge >= 0.3 is 17.8 Å². The number of rotatable bonds is 5. The minimum Gasteiger partial charge on any atom is -0.292 e. The van der Waals surface area contributed by atoms with Crippen LogP contribution >= 0.6 is 0 Å². The molecule has 0 spiro atoms. The molecule has 116 valence electrons. The average Bonchev–Trinajstić information content (AvgIpc) is 2.72. The van der Waals surface area contributed by atoms with Crippen molar-refractivity contribution in [3.63, 3.8) is 0 Å². The Labute approximate surface area is 128 Å². The number of hydrogen-bond acceptors (Lipinski definition) is 4. The first kappa shape index (κ1) is 15.9. The van der Waals surface area contributed by atoms with Crippen LogP contribution in [0.15, 0.2) is 24.3 Å². The lowest BCUT2D eigenvalue weighted by Crippen LogP contribution is -2.36. The molecule has 1 aliphatic heterocycles. The van der Waals surface area contributed by atoms with Crippen LogP contribution in [0, 0.1) is 0 Å². The zero-order valence-electron chi connectivity index (χ0n) is 12.8. The topological polar surface area (TPSA) is 74.8 Å². The maximum atomic E-state index is 12.2. The highest BCUT2D eigenvalue weighted by molar-refractivity contribution is 6.45. The third-order valence-corrected chi connectivity index (χ3v) is 3.97. The van der Waals surface area contributed by atoms with Gasteiger partial charge in [-0.2, -0.15) is 0 Å². The normalized spacial score (nSPS) is 16.4. The van der Waals surface area contributed by atoms with Crippen LogP contribution in [-0.2, 0) is 9.59 Å². The van der Waals surface area contributed by atoms with E-state index in [-0.39, 0.29) is 5.78 Å². The molecule has 6 heteroatoms. The molecule has 22 heavy (non-hydrogen) atoms. The Kier molecular flexibility index (Phi) is 4.40. The van der Waals surface area contributed by atoms with Gasteiger partial charge in [-0.15, -0.1) is 0 Å². The fourth-order valence-electron chi connectivity index (χ4n) is 2.22. The quantitative estimate of drug-likeness (QED) is 0.472. The number of carbonyl (C=O) groups excluding carboxylic acids is 4. The molecule has 2 rings (SSSR count). The van der Waals surface area contributed by atoms with Gasteiger partial charge in [0.15, 0.2) is 5.78 Å². The Bertz CT molecular complexity index is 636. The maximum Gasteiger partial charge on any atom is 0.334 e. The zero-order valence-corrected chi connectivity index (χ0v) is 12.8. The summed E-state index contributed by atoms with van der Waals surface area (Å²) < 4.78 is 0. The molecule has 0 N–H and O–H groups in total. The van der Waals surface area contributed by atoms with Crippen LogP contribution < -0.4 is 0 Å². The van der Waals surface area contributed by atoms with Crippen LogP contribution in [-0.4, -0.2) is 47.0 Å². The monoisotopic (exact) mass is 302 g/mol.